The molecule has 31 heavy (non-hydrogen) atoms. The number of aromatic nitrogens is 1. The Morgan fingerprint density at radius 3 is 2.19 bits per heavy atom. The van der Waals surface area contributed by atoms with Gasteiger partial charge in [0.2, 0.25) is 0 Å². The van der Waals surface area contributed by atoms with E-state index in [0.29, 0.717) is 5.56 Å². The molecule has 1 aliphatic heterocycles. The first-order valence-electron chi connectivity index (χ1n) is 9.67. The molecule has 1 aromatic heterocycles. The number of aromatic hydroxyl groups is 5. The minimum atomic E-state index is -0.213. The molecule has 0 saturated heterocycles. The van der Waals surface area contributed by atoms with Gasteiger partial charge in [-0.3, -0.25) is 4.68 Å². The number of phenols is 5. The largest absolute Gasteiger partial charge is 0.508 e. The first-order valence-corrected chi connectivity index (χ1v) is 9.67. The highest BCUT2D eigenvalue weighted by Gasteiger charge is 2.25. The van der Waals surface area contributed by atoms with Crippen LogP contribution in [0.4, 0.5) is 0 Å². The maximum Gasteiger partial charge on any atom is 0.157 e. The summed E-state index contributed by atoms with van der Waals surface area (Å²) in [6.07, 6.45) is 3.92. The summed E-state index contributed by atoms with van der Waals surface area (Å²) in [6.45, 7) is 0. The summed E-state index contributed by atoms with van der Waals surface area (Å²) >= 11 is 0. The van der Waals surface area contributed by atoms with E-state index in [4.69, 9.17) is 0 Å². The Labute approximate surface area is 176 Å². The second-order valence-electron chi connectivity index (χ2n) is 7.64. The molecular weight excluding hydrogens is 396 g/mol. The van der Waals surface area contributed by atoms with E-state index in [1.165, 1.54) is 24.3 Å². The van der Waals surface area contributed by atoms with Crippen molar-refractivity contribution in [3.63, 3.8) is 0 Å². The molecule has 0 aliphatic carbocycles. The van der Waals surface area contributed by atoms with E-state index in [0.717, 1.165) is 27.0 Å². The highest BCUT2D eigenvalue weighted by Crippen LogP contribution is 2.32. The number of rotatable bonds is 2. The smallest absolute Gasteiger partial charge is 0.157 e. The molecule has 1 atom stereocenters. The normalized spacial score (nSPS) is 16.0. The molecule has 0 amide bonds. The van der Waals surface area contributed by atoms with E-state index in [2.05, 4.69) is 0 Å². The Kier molecular flexibility index (Phi) is 4.01. The van der Waals surface area contributed by atoms with Crippen molar-refractivity contribution in [3.8, 4) is 28.7 Å². The standard InChI is InChI=1S/C24H20N2O5/c1-25-19(14-3-7-22(29)24(31)10-14)12-20-16(8-13-2-6-21(28)23(30)9-13)17-11-15(27)4-5-18(17)26(20)25/h2-12,19,27-31H,1H3/b16-8-. The van der Waals surface area contributed by atoms with Crippen LogP contribution in [0.3, 0.4) is 0 Å². The van der Waals surface area contributed by atoms with Gasteiger partial charge in [0.05, 0.1) is 16.9 Å². The molecule has 0 saturated carbocycles. The lowest BCUT2D eigenvalue weighted by atomic mass is 10.0. The van der Waals surface area contributed by atoms with Crippen LogP contribution >= 0.6 is 0 Å². The number of benzene rings is 3. The monoisotopic (exact) mass is 416 g/mol. The minimum Gasteiger partial charge on any atom is -0.508 e. The Hall–Kier alpha value is -4.26. The van der Waals surface area contributed by atoms with Crippen LogP contribution < -0.4 is 15.6 Å². The van der Waals surface area contributed by atoms with Crippen LogP contribution in [0, 0.1) is 0 Å². The number of hydrogen-bond acceptors (Lipinski definition) is 6. The predicted molar refractivity (Wildman–Crippen MR) is 117 cm³/mol. The van der Waals surface area contributed by atoms with Crippen LogP contribution in [-0.2, 0) is 0 Å². The average molecular weight is 416 g/mol. The molecule has 4 aromatic rings. The quantitative estimate of drug-likeness (QED) is 0.320. The van der Waals surface area contributed by atoms with Gasteiger partial charge in [-0.2, -0.15) is 0 Å². The second kappa shape index (κ2) is 6.63. The van der Waals surface area contributed by atoms with Crippen molar-refractivity contribution in [2.24, 2.45) is 0 Å². The fraction of sp³-hybridized carbons (Fsp3) is 0.0833. The fourth-order valence-electron chi connectivity index (χ4n) is 4.17. The van der Waals surface area contributed by atoms with E-state index < -0.39 is 0 Å². The van der Waals surface area contributed by atoms with Crippen molar-refractivity contribution >= 4 is 23.1 Å². The lowest BCUT2D eigenvalue weighted by Gasteiger charge is -2.25. The van der Waals surface area contributed by atoms with E-state index in [1.807, 2.05) is 35.0 Å². The molecule has 2 heterocycles. The highest BCUT2D eigenvalue weighted by atomic mass is 16.3. The average Bonchev–Trinajstić information content (AvgIpc) is 3.22. The zero-order chi connectivity index (χ0) is 21.9. The first kappa shape index (κ1) is 18.7. The molecule has 0 fully saturated rings. The Bertz CT molecular complexity index is 1470. The van der Waals surface area contributed by atoms with Gasteiger partial charge in [-0.15, -0.1) is 0 Å². The van der Waals surface area contributed by atoms with Gasteiger partial charge in [0, 0.05) is 17.7 Å². The van der Waals surface area contributed by atoms with Crippen molar-refractivity contribution in [2.45, 2.75) is 6.04 Å². The summed E-state index contributed by atoms with van der Waals surface area (Å²) in [5.74, 6) is -0.624. The number of fused-ring (bicyclic) bond motifs is 3. The number of phenolic OH excluding ortho intramolecular Hbond substituents is 5. The molecule has 5 rings (SSSR count). The fourth-order valence-corrected chi connectivity index (χ4v) is 4.17. The summed E-state index contributed by atoms with van der Waals surface area (Å²) in [7, 11) is 1.92. The van der Waals surface area contributed by atoms with Gasteiger partial charge >= 0.3 is 0 Å². The van der Waals surface area contributed by atoms with Crippen LogP contribution in [0.5, 0.6) is 28.7 Å². The molecule has 1 aliphatic rings. The molecule has 0 radical (unpaired) electrons. The Balaban J connectivity index is 1.79. The number of hydrogen-bond donors (Lipinski definition) is 5. The van der Waals surface area contributed by atoms with E-state index in [1.54, 1.807) is 24.3 Å². The molecule has 7 nitrogen and oxygen atoms in total. The molecule has 156 valence electrons. The summed E-state index contributed by atoms with van der Waals surface area (Å²) in [5.41, 5.74) is 2.38. The topological polar surface area (TPSA) is 109 Å². The van der Waals surface area contributed by atoms with Crippen molar-refractivity contribution in [1.29, 1.82) is 0 Å². The van der Waals surface area contributed by atoms with E-state index in [-0.39, 0.29) is 34.8 Å². The van der Waals surface area contributed by atoms with Gasteiger partial charge in [-0.25, -0.2) is 0 Å². The Morgan fingerprint density at radius 1 is 0.774 bits per heavy atom. The molecule has 0 bridgehead atoms. The van der Waals surface area contributed by atoms with Crippen molar-refractivity contribution in [2.75, 3.05) is 12.1 Å². The third-order valence-corrected chi connectivity index (χ3v) is 5.69. The van der Waals surface area contributed by atoms with Crippen LogP contribution in [0.2, 0.25) is 0 Å². The lowest BCUT2D eigenvalue weighted by Crippen LogP contribution is -2.35. The van der Waals surface area contributed by atoms with Crippen LogP contribution in [0.1, 0.15) is 17.2 Å². The second-order valence-corrected chi connectivity index (χ2v) is 7.64. The summed E-state index contributed by atoms with van der Waals surface area (Å²) in [5, 5.41) is 53.7. The van der Waals surface area contributed by atoms with Gasteiger partial charge < -0.3 is 30.5 Å². The SMILES string of the molecule is CN1C(c2ccc(O)c(O)c2)C=c2/c(=C\c3ccc(O)c(O)c3)c3cc(O)ccc3n21. The van der Waals surface area contributed by atoms with Crippen LogP contribution in [-0.4, -0.2) is 37.3 Å². The van der Waals surface area contributed by atoms with Crippen molar-refractivity contribution in [1.82, 2.24) is 4.68 Å². The van der Waals surface area contributed by atoms with E-state index in [9.17, 15) is 25.5 Å². The highest BCUT2D eigenvalue weighted by molar-refractivity contribution is 5.86. The molecule has 1 unspecified atom stereocenters. The van der Waals surface area contributed by atoms with Gasteiger partial charge in [0.25, 0.3) is 0 Å². The molecule has 7 heteroatoms. The lowest BCUT2D eigenvalue weighted by molar-refractivity contribution is 0.403. The molecule has 3 aromatic carbocycles. The van der Waals surface area contributed by atoms with Crippen LogP contribution in [0.15, 0.2) is 54.6 Å². The zero-order valence-corrected chi connectivity index (χ0v) is 16.6. The van der Waals surface area contributed by atoms with Gasteiger partial charge in [-0.1, -0.05) is 12.1 Å². The predicted octanol–water partition coefficient (Wildman–Crippen LogP) is 2.10. The number of nitrogens with zero attached hydrogens (tertiary/aromatic N) is 2. The third kappa shape index (κ3) is 2.90. The Morgan fingerprint density at radius 2 is 1.48 bits per heavy atom. The maximum atomic E-state index is 10.1. The molecule has 5 N–H and O–H groups in total. The van der Waals surface area contributed by atoms with Gasteiger partial charge in [-0.05, 0) is 65.7 Å². The van der Waals surface area contributed by atoms with Gasteiger partial charge in [0.15, 0.2) is 23.0 Å². The van der Waals surface area contributed by atoms with Crippen LogP contribution in [0.25, 0.3) is 23.1 Å². The van der Waals surface area contributed by atoms with E-state index >= 15 is 0 Å². The maximum absolute atomic E-state index is 10.1. The minimum absolute atomic E-state index is 0.141. The third-order valence-electron chi connectivity index (χ3n) is 5.69. The molecular formula is C24H20N2O5. The summed E-state index contributed by atoms with van der Waals surface area (Å²) < 4.78 is 2.02. The van der Waals surface area contributed by atoms with Crippen molar-refractivity contribution < 1.29 is 25.5 Å². The summed E-state index contributed by atoms with van der Waals surface area (Å²) in [4.78, 5) is 0. The van der Waals surface area contributed by atoms with Crippen molar-refractivity contribution in [3.05, 3.63) is 76.3 Å². The van der Waals surface area contributed by atoms with Gasteiger partial charge in [0.1, 0.15) is 5.75 Å². The zero-order valence-electron chi connectivity index (χ0n) is 16.6. The first-order chi connectivity index (χ1) is 14.8. The summed E-state index contributed by atoms with van der Waals surface area (Å²) in [6, 6.07) is 14.3. The molecule has 0 spiro atoms.